The van der Waals surface area contributed by atoms with Crippen LogP contribution in [-0.2, 0) is 22.3 Å². The van der Waals surface area contributed by atoms with E-state index in [1.165, 1.54) is 13.3 Å². The number of aryl methyl sites for hydroxylation is 1. The van der Waals surface area contributed by atoms with Crippen LogP contribution in [0.3, 0.4) is 0 Å². The Bertz CT molecular complexity index is 389. The number of nitrogens with zero attached hydrogens (tertiary/aromatic N) is 2. The smallest absolute Gasteiger partial charge is 0.435 e. The SMILES string of the molecule is COC(=O)C(N)CCn1ccc(C(F)(F)F)n1. The van der Waals surface area contributed by atoms with Crippen LogP contribution >= 0.6 is 0 Å². The molecule has 0 aliphatic rings. The largest absolute Gasteiger partial charge is 0.468 e. The lowest BCUT2D eigenvalue weighted by Gasteiger charge is -2.08. The van der Waals surface area contributed by atoms with Crippen molar-refractivity contribution in [1.29, 1.82) is 0 Å². The molecule has 96 valence electrons. The van der Waals surface area contributed by atoms with Gasteiger partial charge in [-0.25, -0.2) is 0 Å². The molecule has 0 aromatic carbocycles. The van der Waals surface area contributed by atoms with E-state index in [2.05, 4.69) is 9.84 Å². The fraction of sp³-hybridized carbons (Fsp3) is 0.556. The monoisotopic (exact) mass is 251 g/mol. The number of aromatic nitrogens is 2. The number of hydrogen-bond donors (Lipinski definition) is 1. The van der Waals surface area contributed by atoms with Crippen LogP contribution in [0.1, 0.15) is 12.1 Å². The van der Waals surface area contributed by atoms with Crippen molar-refractivity contribution in [3.63, 3.8) is 0 Å². The molecular weight excluding hydrogens is 239 g/mol. The summed E-state index contributed by atoms with van der Waals surface area (Å²) in [5.74, 6) is -0.604. The molecule has 1 aromatic rings. The second-order valence-corrected chi connectivity index (χ2v) is 3.38. The lowest BCUT2D eigenvalue weighted by atomic mass is 10.2. The highest BCUT2D eigenvalue weighted by Crippen LogP contribution is 2.27. The van der Waals surface area contributed by atoms with Crippen LogP contribution in [0.4, 0.5) is 13.2 Å². The molecule has 1 unspecified atom stereocenters. The summed E-state index contributed by atoms with van der Waals surface area (Å²) in [4.78, 5) is 10.9. The Morgan fingerprint density at radius 3 is 2.76 bits per heavy atom. The van der Waals surface area contributed by atoms with Crippen molar-refractivity contribution in [2.24, 2.45) is 5.73 Å². The molecule has 1 heterocycles. The van der Waals surface area contributed by atoms with Gasteiger partial charge in [0.05, 0.1) is 7.11 Å². The molecular formula is C9H12F3N3O2. The van der Waals surface area contributed by atoms with E-state index in [0.29, 0.717) is 0 Å². The summed E-state index contributed by atoms with van der Waals surface area (Å²) in [7, 11) is 1.19. The van der Waals surface area contributed by atoms with Crippen molar-refractivity contribution in [2.45, 2.75) is 25.2 Å². The first-order valence-corrected chi connectivity index (χ1v) is 4.78. The molecule has 2 N–H and O–H groups in total. The number of rotatable bonds is 4. The zero-order valence-electron chi connectivity index (χ0n) is 9.07. The van der Waals surface area contributed by atoms with Gasteiger partial charge in [0.2, 0.25) is 0 Å². The van der Waals surface area contributed by atoms with E-state index in [1.807, 2.05) is 0 Å². The van der Waals surface area contributed by atoms with E-state index >= 15 is 0 Å². The predicted molar refractivity (Wildman–Crippen MR) is 51.8 cm³/mol. The highest BCUT2D eigenvalue weighted by molar-refractivity contribution is 5.75. The van der Waals surface area contributed by atoms with E-state index in [-0.39, 0.29) is 13.0 Å². The number of carbonyl (C=O) groups excluding carboxylic acids is 1. The van der Waals surface area contributed by atoms with Crippen molar-refractivity contribution in [3.05, 3.63) is 18.0 Å². The Labute approximate surface area is 95.3 Å². The van der Waals surface area contributed by atoms with Crippen LogP contribution < -0.4 is 5.73 Å². The third-order valence-electron chi connectivity index (χ3n) is 2.10. The molecule has 1 aromatic heterocycles. The molecule has 0 amide bonds. The number of esters is 1. The number of alkyl halides is 3. The predicted octanol–water partition coefficient (Wildman–Crippen LogP) is 0.792. The lowest BCUT2D eigenvalue weighted by Crippen LogP contribution is -2.32. The maximum absolute atomic E-state index is 12.2. The molecule has 1 atom stereocenters. The minimum absolute atomic E-state index is 0.117. The molecule has 17 heavy (non-hydrogen) atoms. The molecule has 0 fully saturated rings. The summed E-state index contributed by atoms with van der Waals surface area (Å²) < 4.78 is 42.1. The second-order valence-electron chi connectivity index (χ2n) is 3.38. The summed E-state index contributed by atoms with van der Waals surface area (Å²) in [6.45, 7) is 0.117. The second kappa shape index (κ2) is 5.17. The summed E-state index contributed by atoms with van der Waals surface area (Å²) in [5.41, 5.74) is 4.46. The Morgan fingerprint density at radius 1 is 1.65 bits per heavy atom. The Hall–Kier alpha value is -1.57. The van der Waals surface area contributed by atoms with Crippen molar-refractivity contribution in [1.82, 2.24) is 9.78 Å². The minimum atomic E-state index is -4.46. The molecule has 1 rings (SSSR count). The van der Waals surface area contributed by atoms with Gasteiger partial charge in [-0.15, -0.1) is 0 Å². The Balaban J connectivity index is 2.53. The summed E-state index contributed by atoms with van der Waals surface area (Å²) in [6.07, 6.45) is -3.12. The third-order valence-corrected chi connectivity index (χ3v) is 2.10. The zero-order valence-corrected chi connectivity index (χ0v) is 9.07. The van der Waals surface area contributed by atoms with Crippen LogP contribution in [0.15, 0.2) is 12.3 Å². The number of methoxy groups -OCH3 is 1. The first-order valence-electron chi connectivity index (χ1n) is 4.78. The van der Waals surface area contributed by atoms with E-state index in [1.54, 1.807) is 0 Å². The first kappa shape index (κ1) is 13.5. The quantitative estimate of drug-likeness (QED) is 0.803. The number of ether oxygens (including phenoxy) is 1. The van der Waals surface area contributed by atoms with Gasteiger partial charge >= 0.3 is 12.1 Å². The van der Waals surface area contributed by atoms with Crippen LogP contribution in [0.2, 0.25) is 0 Å². The molecule has 0 saturated heterocycles. The third kappa shape index (κ3) is 3.74. The highest BCUT2D eigenvalue weighted by Gasteiger charge is 2.33. The van der Waals surface area contributed by atoms with Gasteiger partial charge in [-0.2, -0.15) is 18.3 Å². The van der Waals surface area contributed by atoms with Gasteiger partial charge in [0.25, 0.3) is 0 Å². The summed E-state index contributed by atoms with van der Waals surface area (Å²) in [5, 5.41) is 3.32. The standard InChI is InChI=1S/C9H12F3N3O2/c1-17-8(16)6(13)2-4-15-5-3-7(14-15)9(10,11)12/h3,5-6H,2,4,13H2,1H3. The normalized spacial score (nSPS) is 13.5. The number of nitrogens with two attached hydrogens (primary N) is 1. The van der Waals surface area contributed by atoms with Gasteiger partial charge in [0, 0.05) is 12.7 Å². The molecule has 0 bridgehead atoms. The maximum Gasteiger partial charge on any atom is 0.435 e. The zero-order chi connectivity index (χ0) is 13.1. The van der Waals surface area contributed by atoms with Crippen molar-refractivity contribution < 1.29 is 22.7 Å². The highest BCUT2D eigenvalue weighted by atomic mass is 19.4. The van der Waals surface area contributed by atoms with Gasteiger partial charge in [-0.3, -0.25) is 9.48 Å². The van der Waals surface area contributed by atoms with Gasteiger partial charge < -0.3 is 10.5 Å². The molecule has 5 nitrogen and oxygen atoms in total. The maximum atomic E-state index is 12.2. The fourth-order valence-corrected chi connectivity index (χ4v) is 1.18. The fourth-order valence-electron chi connectivity index (χ4n) is 1.18. The number of halogens is 3. The van der Waals surface area contributed by atoms with Crippen LogP contribution in [0.25, 0.3) is 0 Å². The number of hydrogen-bond acceptors (Lipinski definition) is 4. The molecule has 0 aliphatic heterocycles. The van der Waals surface area contributed by atoms with E-state index < -0.39 is 23.9 Å². The molecule has 0 aliphatic carbocycles. The molecule has 0 saturated carbocycles. The van der Waals surface area contributed by atoms with Gasteiger partial charge in [-0.1, -0.05) is 0 Å². The van der Waals surface area contributed by atoms with Crippen molar-refractivity contribution in [3.8, 4) is 0 Å². The average Bonchev–Trinajstić information content (AvgIpc) is 2.72. The van der Waals surface area contributed by atoms with Crippen LogP contribution in [0.5, 0.6) is 0 Å². The van der Waals surface area contributed by atoms with E-state index in [0.717, 1.165) is 10.7 Å². The average molecular weight is 251 g/mol. The summed E-state index contributed by atoms with van der Waals surface area (Å²) >= 11 is 0. The number of carbonyl (C=O) groups is 1. The topological polar surface area (TPSA) is 70.1 Å². The van der Waals surface area contributed by atoms with Crippen LogP contribution in [-0.4, -0.2) is 28.9 Å². The van der Waals surface area contributed by atoms with Crippen LogP contribution in [0, 0.1) is 0 Å². The summed E-state index contributed by atoms with van der Waals surface area (Å²) in [6, 6.07) is 0.00228. The first-order chi connectivity index (χ1) is 7.84. The van der Waals surface area contributed by atoms with Gasteiger partial charge in [0.1, 0.15) is 6.04 Å². The van der Waals surface area contributed by atoms with Crippen molar-refractivity contribution >= 4 is 5.97 Å². The van der Waals surface area contributed by atoms with Crippen molar-refractivity contribution in [2.75, 3.05) is 7.11 Å². The molecule has 0 spiro atoms. The Kier molecular flexibility index (Phi) is 4.11. The van der Waals surface area contributed by atoms with E-state index in [4.69, 9.17) is 5.73 Å². The minimum Gasteiger partial charge on any atom is -0.468 e. The Morgan fingerprint density at radius 2 is 2.29 bits per heavy atom. The molecule has 8 heteroatoms. The lowest BCUT2D eigenvalue weighted by molar-refractivity contribution is -0.143. The molecule has 0 radical (unpaired) electrons. The van der Waals surface area contributed by atoms with E-state index in [9.17, 15) is 18.0 Å². The van der Waals surface area contributed by atoms with Gasteiger partial charge in [0.15, 0.2) is 5.69 Å². The van der Waals surface area contributed by atoms with Gasteiger partial charge in [-0.05, 0) is 12.5 Å².